The quantitative estimate of drug-likeness (QED) is 0.437. The van der Waals surface area contributed by atoms with Crippen molar-refractivity contribution in [2.75, 3.05) is 5.32 Å². The Morgan fingerprint density at radius 2 is 2.00 bits per heavy atom. The van der Waals surface area contributed by atoms with E-state index < -0.39 is 0 Å². The molecule has 0 unspecified atom stereocenters. The van der Waals surface area contributed by atoms with E-state index in [0.29, 0.717) is 23.7 Å². The number of rotatable bonds is 6. The number of H-pyrrole nitrogens is 1. The van der Waals surface area contributed by atoms with Gasteiger partial charge in [-0.1, -0.05) is 6.07 Å². The van der Waals surface area contributed by atoms with Crippen molar-refractivity contribution >= 4 is 28.3 Å². The highest BCUT2D eigenvalue weighted by molar-refractivity contribution is 7.07. The molecule has 7 nitrogen and oxygen atoms in total. The van der Waals surface area contributed by atoms with Crippen molar-refractivity contribution in [2.24, 2.45) is 5.73 Å². The average Bonchev–Trinajstić information content (AvgIpc) is 3.44. The average molecular weight is 420 g/mol. The molecule has 8 heteroatoms. The first-order chi connectivity index (χ1) is 14.7. The Hall–Kier alpha value is -2.84. The number of aryl methyl sites for hydroxylation is 2. The van der Waals surface area contributed by atoms with Crippen LogP contribution in [0.25, 0.3) is 22.4 Å². The SMILES string of the molecule is NC1CCC(Nc2ncc3c(-c4cccc(CCc5ccsc5)n4)[nH]nc3n2)CC1. The molecule has 1 fully saturated rings. The molecule has 0 saturated heterocycles. The minimum Gasteiger partial charge on any atom is -0.351 e. The predicted octanol–water partition coefficient (Wildman–Crippen LogP) is 3.94. The van der Waals surface area contributed by atoms with Crippen molar-refractivity contribution in [3.63, 3.8) is 0 Å². The standard InChI is InChI=1S/C22H25N7S/c23-15-5-8-17(9-6-15)26-22-24-12-18-20(28-29-21(18)27-22)19-3-1-2-16(25-19)7-4-14-10-11-30-13-14/h1-3,10-13,15,17H,4-9,23H2,(H2,24,26,27,28,29). The summed E-state index contributed by atoms with van der Waals surface area (Å²) in [5.74, 6) is 0.624. The first-order valence-electron chi connectivity index (χ1n) is 10.5. The minimum absolute atomic E-state index is 0.328. The van der Waals surface area contributed by atoms with E-state index in [9.17, 15) is 0 Å². The summed E-state index contributed by atoms with van der Waals surface area (Å²) in [7, 11) is 0. The second-order valence-electron chi connectivity index (χ2n) is 7.93. The summed E-state index contributed by atoms with van der Waals surface area (Å²) in [6.45, 7) is 0. The molecule has 0 amide bonds. The normalized spacial score (nSPS) is 19.2. The number of nitrogens with two attached hydrogens (primary N) is 1. The maximum Gasteiger partial charge on any atom is 0.224 e. The second-order valence-corrected chi connectivity index (χ2v) is 8.71. The zero-order chi connectivity index (χ0) is 20.3. The first kappa shape index (κ1) is 19.1. The van der Waals surface area contributed by atoms with Gasteiger partial charge >= 0.3 is 0 Å². The zero-order valence-corrected chi connectivity index (χ0v) is 17.5. The van der Waals surface area contributed by atoms with Crippen LogP contribution in [-0.2, 0) is 12.8 Å². The lowest BCUT2D eigenvalue weighted by molar-refractivity contribution is 0.410. The van der Waals surface area contributed by atoms with Gasteiger partial charge in [0.05, 0.1) is 16.8 Å². The molecule has 0 radical (unpaired) electrons. The summed E-state index contributed by atoms with van der Waals surface area (Å²) in [6, 6.07) is 8.99. The smallest absolute Gasteiger partial charge is 0.224 e. The first-order valence-corrected chi connectivity index (χ1v) is 11.4. The van der Waals surface area contributed by atoms with Crippen LogP contribution in [0.1, 0.15) is 36.9 Å². The van der Waals surface area contributed by atoms with Gasteiger partial charge in [-0.3, -0.25) is 10.1 Å². The lowest BCUT2D eigenvalue weighted by Crippen LogP contribution is -2.33. The van der Waals surface area contributed by atoms with Gasteiger partial charge in [0.2, 0.25) is 5.95 Å². The van der Waals surface area contributed by atoms with Crippen LogP contribution in [0.15, 0.2) is 41.2 Å². The van der Waals surface area contributed by atoms with Crippen LogP contribution in [0, 0.1) is 0 Å². The topological polar surface area (TPSA) is 105 Å². The van der Waals surface area contributed by atoms with E-state index in [4.69, 9.17) is 10.7 Å². The fourth-order valence-electron chi connectivity index (χ4n) is 3.98. The molecule has 154 valence electrons. The molecule has 30 heavy (non-hydrogen) atoms. The van der Waals surface area contributed by atoms with Gasteiger partial charge in [-0.15, -0.1) is 0 Å². The number of thiophene rings is 1. The van der Waals surface area contributed by atoms with Crippen molar-refractivity contribution < 1.29 is 0 Å². The summed E-state index contributed by atoms with van der Waals surface area (Å²) in [5, 5.41) is 16.1. The number of aromatic amines is 1. The van der Waals surface area contributed by atoms with E-state index in [1.54, 1.807) is 11.3 Å². The van der Waals surface area contributed by atoms with Gasteiger partial charge in [0, 0.05) is 24.0 Å². The van der Waals surface area contributed by atoms with Crippen molar-refractivity contribution in [1.82, 2.24) is 25.1 Å². The van der Waals surface area contributed by atoms with Crippen LogP contribution in [0.4, 0.5) is 5.95 Å². The number of nitrogens with zero attached hydrogens (tertiary/aromatic N) is 4. The number of aromatic nitrogens is 5. The molecule has 1 aliphatic rings. The van der Waals surface area contributed by atoms with E-state index in [1.807, 2.05) is 18.3 Å². The highest BCUT2D eigenvalue weighted by atomic mass is 32.1. The second kappa shape index (κ2) is 8.49. The molecule has 0 spiro atoms. The van der Waals surface area contributed by atoms with Gasteiger partial charge in [-0.25, -0.2) is 4.98 Å². The molecule has 4 aromatic heterocycles. The molecule has 4 N–H and O–H groups in total. The Balaban J connectivity index is 1.33. The van der Waals surface area contributed by atoms with E-state index in [-0.39, 0.29) is 0 Å². The highest BCUT2D eigenvalue weighted by Crippen LogP contribution is 2.25. The summed E-state index contributed by atoms with van der Waals surface area (Å²) >= 11 is 1.73. The lowest BCUT2D eigenvalue weighted by atomic mass is 9.92. The largest absolute Gasteiger partial charge is 0.351 e. The van der Waals surface area contributed by atoms with Gasteiger partial charge in [-0.2, -0.15) is 21.4 Å². The molecule has 0 aromatic carbocycles. The fourth-order valence-corrected chi connectivity index (χ4v) is 4.68. The van der Waals surface area contributed by atoms with E-state index in [0.717, 1.165) is 61.0 Å². The van der Waals surface area contributed by atoms with Crippen LogP contribution in [0.2, 0.25) is 0 Å². The Bertz CT molecular complexity index is 1110. The van der Waals surface area contributed by atoms with Crippen LogP contribution in [0.3, 0.4) is 0 Å². The predicted molar refractivity (Wildman–Crippen MR) is 120 cm³/mol. The number of anilines is 1. The zero-order valence-electron chi connectivity index (χ0n) is 16.7. The van der Waals surface area contributed by atoms with Gasteiger partial charge in [0.1, 0.15) is 0 Å². The van der Waals surface area contributed by atoms with Crippen LogP contribution < -0.4 is 11.1 Å². The lowest BCUT2D eigenvalue weighted by Gasteiger charge is -2.26. The molecule has 0 bridgehead atoms. The molecule has 1 aliphatic carbocycles. The van der Waals surface area contributed by atoms with E-state index >= 15 is 0 Å². The molecular formula is C22H25N7S. The summed E-state index contributed by atoms with van der Waals surface area (Å²) in [6.07, 6.45) is 7.92. The molecule has 4 aromatic rings. The maximum atomic E-state index is 6.00. The van der Waals surface area contributed by atoms with E-state index in [2.05, 4.69) is 48.4 Å². The van der Waals surface area contributed by atoms with Gasteiger partial charge in [-0.05, 0) is 73.0 Å². The van der Waals surface area contributed by atoms with Crippen molar-refractivity contribution in [2.45, 2.75) is 50.6 Å². The summed E-state index contributed by atoms with van der Waals surface area (Å²) in [4.78, 5) is 14.0. The Labute approximate surface area is 179 Å². The Morgan fingerprint density at radius 1 is 1.10 bits per heavy atom. The number of pyridine rings is 1. The molecule has 0 aliphatic heterocycles. The molecular weight excluding hydrogens is 394 g/mol. The van der Waals surface area contributed by atoms with Crippen molar-refractivity contribution in [3.8, 4) is 11.4 Å². The van der Waals surface area contributed by atoms with E-state index in [1.165, 1.54) is 5.56 Å². The summed E-state index contributed by atoms with van der Waals surface area (Å²) < 4.78 is 0. The van der Waals surface area contributed by atoms with Gasteiger partial charge in [0.15, 0.2) is 5.65 Å². The molecule has 0 atom stereocenters. The highest BCUT2D eigenvalue weighted by Gasteiger charge is 2.19. The van der Waals surface area contributed by atoms with Gasteiger partial charge < -0.3 is 11.1 Å². The Kier molecular flexibility index (Phi) is 5.42. The fraction of sp³-hybridized carbons (Fsp3) is 0.364. The van der Waals surface area contributed by atoms with Crippen LogP contribution in [0.5, 0.6) is 0 Å². The number of hydrogen-bond acceptors (Lipinski definition) is 7. The third-order valence-corrected chi connectivity index (χ3v) is 6.46. The Morgan fingerprint density at radius 3 is 2.83 bits per heavy atom. The number of hydrogen-bond donors (Lipinski definition) is 3. The van der Waals surface area contributed by atoms with Crippen molar-refractivity contribution in [1.29, 1.82) is 0 Å². The van der Waals surface area contributed by atoms with Gasteiger partial charge in [0.25, 0.3) is 0 Å². The molecule has 4 heterocycles. The minimum atomic E-state index is 0.328. The van der Waals surface area contributed by atoms with Crippen molar-refractivity contribution in [3.05, 3.63) is 52.5 Å². The number of fused-ring (bicyclic) bond motifs is 1. The maximum absolute atomic E-state index is 6.00. The molecule has 5 rings (SSSR count). The summed E-state index contributed by atoms with van der Waals surface area (Å²) in [5.41, 5.74) is 10.8. The monoisotopic (exact) mass is 419 g/mol. The van der Waals surface area contributed by atoms with Crippen LogP contribution >= 0.6 is 11.3 Å². The van der Waals surface area contributed by atoms with Crippen LogP contribution in [-0.4, -0.2) is 37.2 Å². The molecule has 1 saturated carbocycles. The third-order valence-electron chi connectivity index (χ3n) is 5.73. The third kappa shape index (κ3) is 4.20. The number of nitrogens with one attached hydrogen (secondary N) is 2.